The Kier molecular flexibility index (Phi) is 7.53. The van der Waals surface area contributed by atoms with Gasteiger partial charge in [0, 0.05) is 36.7 Å². The van der Waals surface area contributed by atoms with E-state index in [-0.39, 0.29) is 17.5 Å². The third kappa shape index (κ3) is 5.26. The quantitative estimate of drug-likeness (QED) is 0.571. The maximum absolute atomic E-state index is 12.3. The first-order valence-electron chi connectivity index (χ1n) is 9.62. The fourth-order valence-electron chi connectivity index (χ4n) is 3.40. The minimum atomic E-state index is -0.288. The first-order chi connectivity index (χ1) is 12.6. The smallest absolute Gasteiger partial charge is 0.263 e. The minimum Gasteiger partial charge on any atom is -0.372 e. The number of benzene rings is 1. The number of aryl methyl sites for hydroxylation is 1. The molecule has 2 rings (SSSR count). The lowest BCUT2D eigenvalue weighted by atomic mass is 9.95. The molecule has 0 heterocycles. The number of rotatable bonds is 7. The first kappa shape index (κ1) is 19.8. The molecule has 1 aromatic carbocycles. The Labute approximate surface area is 157 Å². The molecule has 2 N–H and O–H groups in total. The lowest BCUT2D eigenvalue weighted by Crippen LogP contribution is -2.37. The molecule has 1 saturated carbocycles. The average molecular weight is 354 g/mol. The van der Waals surface area contributed by atoms with Crippen LogP contribution in [0.3, 0.4) is 0 Å². The van der Waals surface area contributed by atoms with Gasteiger partial charge in [-0.1, -0.05) is 19.3 Å². The summed E-state index contributed by atoms with van der Waals surface area (Å²) in [6.07, 6.45) is 7.04. The summed E-state index contributed by atoms with van der Waals surface area (Å²) in [5.74, 6) is -0.288. The molecule has 0 aliphatic heterocycles. The highest BCUT2D eigenvalue weighted by atomic mass is 16.1. The second-order valence-corrected chi connectivity index (χ2v) is 6.79. The van der Waals surface area contributed by atoms with Crippen LogP contribution in [0.2, 0.25) is 0 Å². The number of nitrogens with zero attached hydrogens (tertiary/aromatic N) is 2. The Morgan fingerprint density at radius 1 is 1.27 bits per heavy atom. The molecule has 5 nitrogen and oxygen atoms in total. The molecule has 1 fully saturated rings. The third-order valence-electron chi connectivity index (χ3n) is 5.02. The van der Waals surface area contributed by atoms with Crippen molar-refractivity contribution in [2.45, 2.75) is 58.9 Å². The summed E-state index contributed by atoms with van der Waals surface area (Å²) < 4.78 is 0. The largest absolute Gasteiger partial charge is 0.372 e. The van der Waals surface area contributed by atoms with Gasteiger partial charge in [0.05, 0.1) is 0 Å². The van der Waals surface area contributed by atoms with Gasteiger partial charge in [0.25, 0.3) is 5.91 Å². The fraction of sp³-hybridized carbons (Fsp3) is 0.524. The predicted molar refractivity (Wildman–Crippen MR) is 107 cm³/mol. The number of hydrogen-bond donors (Lipinski definition) is 2. The van der Waals surface area contributed by atoms with Crippen LogP contribution >= 0.6 is 0 Å². The normalized spacial score (nSPS) is 15.2. The van der Waals surface area contributed by atoms with Crippen molar-refractivity contribution in [3.63, 3.8) is 0 Å². The van der Waals surface area contributed by atoms with E-state index in [2.05, 4.69) is 41.5 Å². The van der Waals surface area contributed by atoms with Gasteiger partial charge in [-0.25, -0.2) is 0 Å². The zero-order valence-corrected chi connectivity index (χ0v) is 16.1. The van der Waals surface area contributed by atoms with Crippen molar-refractivity contribution in [2.24, 2.45) is 0 Å². The molecule has 1 aliphatic rings. The monoisotopic (exact) mass is 354 g/mol. The van der Waals surface area contributed by atoms with Crippen molar-refractivity contribution in [3.8, 4) is 6.07 Å². The van der Waals surface area contributed by atoms with E-state index in [1.54, 1.807) is 0 Å². The van der Waals surface area contributed by atoms with Gasteiger partial charge in [0.1, 0.15) is 11.6 Å². The summed E-state index contributed by atoms with van der Waals surface area (Å²) in [5.41, 5.74) is 3.27. The minimum absolute atomic E-state index is 0.114. The molecule has 0 saturated heterocycles. The molecular weight excluding hydrogens is 324 g/mol. The number of amides is 1. The maximum Gasteiger partial charge on any atom is 0.263 e. The highest BCUT2D eigenvalue weighted by Gasteiger charge is 2.18. The Morgan fingerprint density at radius 3 is 2.54 bits per heavy atom. The maximum atomic E-state index is 12.3. The van der Waals surface area contributed by atoms with Crippen LogP contribution in [0.4, 0.5) is 11.4 Å². The number of hydrogen-bond acceptors (Lipinski definition) is 4. The van der Waals surface area contributed by atoms with Gasteiger partial charge in [-0.2, -0.15) is 5.26 Å². The van der Waals surface area contributed by atoms with Crippen LogP contribution in [0.25, 0.3) is 0 Å². The zero-order valence-electron chi connectivity index (χ0n) is 16.1. The van der Waals surface area contributed by atoms with E-state index >= 15 is 0 Å². The van der Waals surface area contributed by atoms with Crippen LogP contribution in [0, 0.1) is 18.3 Å². The van der Waals surface area contributed by atoms with E-state index < -0.39 is 0 Å². The number of carbonyl (C=O) groups excluding carboxylic acids is 1. The molecule has 26 heavy (non-hydrogen) atoms. The SMILES string of the molecule is CCN(CC)c1ccc(N/C=C(/C#N)C(=O)NC2CCCCC2)c(C)c1. The fourth-order valence-corrected chi connectivity index (χ4v) is 3.40. The lowest BCUT2D eigenvalue weighted by Gasteiger charge is -2.22. The summed E-state index contributed by atoms with van der Waals surface area (Å²) in [7, 11) is 0. The Bertz CT molecular complexity index is 680. The van der Waals surface area contributed by atoms with Crippen molar-refractivity contribution in [1.29, 1.82) is 5.26 Å². The van der Waals surface area contributed by atoms with Gasteiger partial charge in [0.2, 0.25) is 0 Å². The van der Waals surface area contributed by atoms with Gasteiger partial charge in [-0.05, 0) is 57.4 Å². The summed E-state index contributed by atoms with van der Waals surface area (Å²) >= 11 is 0. The Morgan fingerprint density at radius 2 is 1.96 bits per heavy atom. The Balaban J connectivity index is 2.03. The highest BCUT2D eigenvalue weighted by Crippen LogP contribution is 2.23. The van der Waals surface area contributed by atoms with Crippen molar-refractivity contribution < 1.29 is 4.79 Å². The molecule has 1 aromatic rings. The van der Waals surface area contributed by atoms with E-state index in [0.29, 0.717) is 0 Å². The molecule has 0 aromatic heterocycles. The van der Waals surface area contributed by atoms with E-state index in [9.17, 15) is 10.1 Å². The summed E-state index contributed by atoms with van der Waals surface area (Å²) in [5, 5.41) is 15.4. The van der Waals surface area contributed by atoms with Crippen molar-refractivity contribution in [2.75, 3.05) is 23.3 Å². The zero-order chi connectivity index (χ0) is 18.9. The number of nitriles is 1. The van der Waals surface area contributed by atoms with Crippen LogP contribution in [0.1, 0.15) is 51.5 Å². The second kappa shape index (κ2) is 9.86. The standard InChI is InChI=1S/C21H30N4O/c1-4-25(5-2)19-11-12-20(16(3)13-19)23-15-17(14-22)21(26)24-18-9-7-6-8-10-18/h11-13,15,18,23H,4-10H2,1-3H3,(H,24,26)/b17-15-. The molecule has 0 radical (unpaired) electrons. The van der Waals surface area contributed by atoms with E-state index in [0.717, 1.165) is 50.0 Å². The van der Waals surface area contributed by atoms with Gasteiger partial charge in [-0.15, -0.1) is 0 Å². The topological polar surface area (TPSA) is 68.2 Å². The van der Waals surface area contributed by atoms with Crippen LogP contribution in [0.15, 0.2) is 30.0 Å². The van der Waals surface area contributed by atoms with Crippen molar-refractivity contribution in [3.05, 3.63) is 35.5 Å². The van der Waals surface area contributed by atoms with Gasteiger partial charge in [0.15, 0.2) is 0 Å². The third-order valence-corrected chi connectivity index (χ3v) is 5.02. The van der Waals surface area contributed by atoms with E-state index in [4.69, 9.17) is 0 Å². The summed E-state index contributed by atoms with van der Waals surface area (Å²) in [6, 6.07) is 8.38. The average Bonchev–Trinajstić information content (AvgIpc) is 2.65. The Hall–Kier alpha value is -2.48. The molecule has 0 bridgehead atoms. The molecule has 0 spiro atoms. The highest BCUT2D eigenvalue weighted by molar-refractivity contribution is 5.97. The molecule has 0 atom stereocenters. The van der Waals surface area contributed by atoms with Crippen molar-refractivity contribution in [1.82, 2.24) is 5.32 Å². The molecule has 1 amide bonds. The summed E-state index contributed by atoms with van der Waals surface area (Å²) in [6.45, 7) is 8.22. The molecular formula is C21H30N4O. The van der Waals surface area contributed by atoms with Gasteiger partial charge < -0.3 is 15.5 Å². The number of anilines is 2. The number of nitrogens with one attached hydrogen (secondary N) is 2. The van der Waals surface area contributed by atoms with E-state index in [1.165, 1.54) is 18.3 Å². The second-order valence-electron chi connectivity index (χ2n) is 6.79. The predicted octanol–water partition coefficient (Wildman–Crippen LogP) is 4.11. The van der Waals surface area contributed by atoms with Crippen LogP contribution in [0.5, 0.6) is 0 Å². The van der Waals surface area contributed by atoms with Crippen molar-refractivity contribution >= 4 is 17.3 Å². The molecule has 0 unspecified atom stereocenters. The van der Waals surface area contributed by atoms with Crippen LogP contribution in [-0.4, -0.2) is 25.0 Å². The van der Waals surface area contributed by atoms with E-state index in [1.807, 2.05) is 19.1 Å². The van der Waals surface area contributed by atoms with Crippen LogP contribution in [-0.2, 0) is 4.79 Å². The number of carbonyl (C=O) groups is 1. The van der Waals surface area contributed by atoms with Gasteiger partial charge >= 0.3 is 0 Å². The molecule has 140 valence electrons. The van der Waals surface area contributed by atoms with Gasteiger partial charge in [-0.3, -0.25) is 4.79 Å². The first-order valence-corrected chi connectivity index (χ1v) is 9.62. The molecule has 5 heteroatoms. The molecule has 1 aliphatic carbocycles. The lowest BCUT2D eigenvalue weighted by molar-refractivity contribution is -0.118. The summed E-state index contributed by atoms with van der Waals surface area (Å²) in [4.78, 5) is 14.6. The van der Waals surface area contributed by atoms with Crippen LogP contribution < -0.4 is 15.5 Å².